The molecule has 1 rings (SSSR count). The van der Waals surface area contributed by atoms with Crippen molar-refractivity contribution in [1.82, 2.24) is 10.2 Å². The Bertz CT molecular complexity index is 371. The van der Waals surface area contributed by atoms with Gasteiger partial charge in [0.25, 0.3) is 0 Å². The number of nitrogens with zero attached hydrogens (tertiary/aromatic N) is 1. The van der Waals surface area contributed by atoms with E-state index < -0.39 is 0 Å². The van der Waals surface area contributed by atoms with Gasteiger partial charge in [0.1, 0.15) is 0 Å². The number of aromatic nitrogens is 2. The molecule has 102 valence electrons. The summed E-state index contributed by atoms with van der Waals surface area (Å²) in [5, 5.41) is 9.79. The lowest BCUT2D eigenvalue weighted by atomic mass is 10.1. The summed E-state index contributed by atoms with van der Waals surface area (Å²) in [5.41, 5.74) is 2.02. The number of rotatable bonds is 8. The fourth-order valence-electron chi connectivity index (χ4n) is 1.87. The van der Waals surface area contributed by atoms with Crippen LogP contribution in [0.5, 0.6) is 0 Å². The highest BCUT2D eigenvalue weighted by atomic mass is 16.1. The van der Waals surface area contributed by atoms with E-state index in [1.807, 2.05) is 13.8 Å². The first kappa shape index (κ1) is 14.7. The summed E-state index contributed by atoms with van der Waals surface area (Å²) < 4.78 is 0. The molecule has 0 spiro atoms. The lowest BCUT2D eigenvalue weighted by Crippen LogP contribution is -2.12. The molecule has 4 heteroatoms. The minimum atomic E-state index is 0.0695. The van der Waals surface area contributed by atoms with Crippen molar-refractivity contribution >= 4 is 11.7 Å². The Morgan fingerprint density at radius 3 is 2.44 bits per heavy atom. The van der Waals surface area contributed by atoms with Gasteiger partial charge in [0.15, 0.2) is 5.82 Å². The summed E-state index contributed by atoms with van der Waals surface area (Å²) >= 11 is 0. The molecule has 18 heavy (non-hydrogen) atoms. The lowest BCUT2D eigenvalue weighted by Gasteiger charge is -2.03. The number of nitrogens with one attached hydrogen (secondary N) is 2. The van der Waals surface area contributed by atoms with Crippen LogP contribution >= 0.6 is 0 Å². The van der Waals surface area contributed by atoms with E-state index in [0.29, 0.717) is 12.2 Å². The predicted octanol–water partition coefficient (Wildman–Crippen LogP) is 3.72. The molecular weight excluding hydrogens is 226 g/mol. The van der Waals surface area contributed by atoms with Crippen molar-refractivity contribution in [3.63, 3.8) is 0 Å². The number of unbranched alkanes of at least 4 members (excludes halogenated alkanes) is 5. The molecule has 1 aromatic heterocycles. The second-order valence-corrected chi connectivity index (χ2v) is 4.89. The van der Waals surface area contributed by atoms with Crippen molar-refractivity contribution in [3.8, 4) is 0 Å². The first-order valence-corrected chi connectivity index (χ1v) is 6.96. The van der Waals surface area contributed by atoms with Crippen molar-refractivity contribution in [2.75, 3.05) is 5.32 Å². The summed E-state index contributed by atoms with van der Waals surface area (Å²) in [5.74, 6) is 0.739. The summed E-state index contributed by atoms with van der Waals surface area (Å²) in [4.78, 5) is 11.7. The molecule has 1 aromatic rings. The van der Waals surface area contributed by atoms with Crippen molar-refractivity contribution in [1.29, 1.82) is 0 Å². The van der Waals surface area contributed by atoms with Crippen LogP contribution in [0, 0.1) is 13.8 Å². The van der Waals surface area contributed by atoms with Crippen LogP contribution in [0.3, 0.4) is 0 Å². The topological polar surface area (TPSA) is 57.8 Å². The molecule has 1 amide bonds. The zero-order valence-electron chi connectivity index (χ0n) is 11.8. The van der Waals surface area contributed by atoms with Gasteiger partial charge in [0.05, 0.1) is 0 Å². The Morgan fingerprint density at radius 2 is 1.83 bits per heavy atom. The first-order chi connectivity index (χ1) is 8.65. The van der Waals surface area contributed by atoms with E-state index in [-0.39, 0.29) is 5.91 Å². The van der Waals surface area contributed by atoms with Gasteiger partial charge >= 0.3 is 0 Å². The highest BCUT2D eigenvalue weighted by molar-refractivity contribution is 5.90. The molecule has 0 bridgehead atoms. The minimum absolute atomic E-state index is 0.0695. The number of aromatic amines is 1. The lowest BCUT2D eigenvalue weighted by molar-refractivity contribution is -0.116. The zero-order chi connectivity index (χ0) is 13.4. The fourth-order valence-corrected chi connectivity index (χ4v) is 1.87. The molecule has 0 aliphatic carbocycles. The molecule has 1 heterocycles. The molecule has 0 atom stereocenters. The Labute approximate surface area is 110 Å². The van der Waals surface area contributed by atoms with Crippen LogP contribution in [0.1, 0.15) is 63.1 Å². The summed E-state index contributed by atoms with van der Waals surface area (Å²) in [6.45, 7) is 6.12. The maximum absolute atomic E-state index is 11.7. The highest BCUT2D eigenvalue weighted by Crippen LogP contribution is 2.14. The summed E-state index contributed by atoms with van der Waals surface area (Å²) in [6, 6.07) is 0. The molecule has 0 saturated heterocycles. The van der Waals surface area contributed by atoms with Crippen LogP contribution in [0.4, 0.5) is 5.82 Å². The molecule has 0 aliphatic heterocycles. The number of anilines is 1. The van der Waals surface area contributed by atoms with Gasteiger partial charge in [-0.25, -0.2) is 0 Å². The first-order valence-electron chi connectivity index (χ1n) is 6.96. The van der Waals surface area contributed by atoms with Gasteiger partial charge in [-0.3, -0.25) is 9.89 Å². The zero-order valence-corrected chi connectivity index (χ0v) is 11.8. The quantitative estimate of drug-likeness (QED) is 0.692. The van der Waals surface area contributed by atoms with Crippen molar-refractivity contribution in [2.24, 2.45) is 0 Å². The van der Waals surface area contributed by atoms with Crippen LogP contribution in [0.25, 0.3) is 0 Å². The van der Waals surface area contributed by atoms with Crippen molar-refractivity contribution in [2.45, 2.75) is 65.7 Å². The van der Waals surface area contributed by atoms with E-state index in [9.17, 15) is 4.79 Å². The van der Waals surface area contributed by atoms with E-state index in [2.05, 4.69) is 22.4 Å². The third-order valence-corrected chi connectivity index (χ3v) is 3.27. The van der Waals surface area contributed by atoms with Gasteiger partial charge in [-0.05, 0) is 20.3 Å². The predicted molar refractivity (Wildman–Crippen MR) is 74.7 cm³/mol. The van der Waals surface area contributed by atoms with E-state index in [4.69, 9.17) is 0 Å². The van der Waals surface area contributed by atoms with Gasteiger partial charge in [0.2, 0.25) is 5.91 Å². The van der Waals surface area contributed by atoms with E-state index in [1.165, 1.54) is 25.7 Å². The molecule has 0 saturated carbocycles. The van der Waals surface area contributed by atoms with Crippen LogP contribution < -0.4 is 5.32 Å². The molecular formula is C14H25N3O. The molecule has 2 N–H and O–H groups in total. The number of hydrogen-bond acceptors (Lipinski definition) is 2. The monoisotopic (exact) mass is 251 g/mol. The van der Waals surface area contributed by atoms with Gasteiger partial charge in [-0.15, -0.1) is 0 Å². The molecule has 4 nitrogen and oxygen atoms in total. The summed E-state index contributed by atoms with van der Waals surface area (Å²) in [7, 11) is 0. The second-order valence-electron chi connectivity index (χ2n) is 4.89. The largest absolute Gasteiger partial charge is 0.309 e. The third kappa shape index (κ3) is 4.90. The average molecular weight is 251 g/mol. The smallest absolute Gasteiger partial charge is 0.225 e. The number of hydrogen-bond donors (Lipinski definition) is 2. The molecule has 0 aromatic carbocycles. The second kappa shape index (κ2) is 7.90. The standard InChI is InChI=1S/C14H25N3O/c1-4-5-6-7-8-9-10-13(18)15-14-11(2)12(3)16-17-14/h4-10H2,1-3H3,(H2,15,16,17,18). The van der Waals surface area contributed by atoms with E-state index in [1.54, 1.807) is 0 Å². The van der Waals surface area contributed by atoms with E-state index in [0.717, 1.165) is 24.1 Å². The number of carbonyl (C=O) groups excluding carboxylic acids is 1. The fraction of sp³-hybridized carbons (Fsp3) is 0.714. The average Bonchev–Trinajstić information content (AvgIpc) is 2.65. The number of aryl methyl sites for hydroxylation is 1. The normalized spacial score (nSPS) is 10.6. The van der Waals surface area contributed by atoms with Crippen LogP contribution in [0.2, 0.25) is 0 Å². The summed E-state index contributed by atoms with van der Waals surface area (Å²) in [6.07, 6.45) is 7.80. The SMILES string of the molecule is CCCCCCCCC(=O)Nc1n[nH]c(C)c1C. The highest BCUT2D eigenvalue weighted by Gasteiger charge is 2.08. The molecule has 0 aliphatic rings. The molecule has 0 unspecified atom stereocenters. The van der Waals surface area contributed by atoms with Gasteiger partial charge in [-0.2, -0.15) is 5.10 Å². The minimum Gasteiger partial charge on any atom is -0.309 e. The number of carbonyl (C=O) groups is 1. The molecule has 0 radical (unpaired) electrons. The van der Waals surface area contributed by atoms with E-state index >= 15 is 0 Å². The van der Waals surface area contributed by atoms with Crippen molar-refractivity contribution < 1.29 is 4.79 Å². The molecule has 0 fully saturated rings. The maximum Gasteiger partial charge on any atom is 0.225 e. The van der Waals surface area contributed by atoms with Crippen molar-refractivity contribution in [3.05, 3.63) is 11.3 Å². The number of amides is 1. The Hall–Kier alpha value is -1.32. The van der Waals surface area contributed by atoms with Gasteiger partial charge in [0, 0.05) is 17.7 Å². The van der Waals surface area contributed by atoms with Gasteiger partial charge < -0.3 is 5.32 Å². The maximum atomic E-state index is 11.7. The Balaban J connectivity index is 2.16. The van der Waals surface area contributed by atoms with Crippen LogP contribution in [0.15, 0.2) is 0 Å². The van der Waals surface area contributed by atoms with Gasteiger partial charge in [-0.1, -0.05) is 39.0 Å². The third-order valence-electron chi connectivity index (χ3n) is 3.27. The Morgan fingerprint density at radius 1 is 1.17 bits per heavy atom. The Kier molecular flexibility index (Phi) is 6.47. The van der Waals surface area contributed by atoms with Crippen LogP contribution in [-0.2, 0) is 4.79 Å². The number of H-pyrrole nitrogens is 1. The van der Waals surface area contributed by atoms with Crippen LogP contribution in [-0.4, -0.2) is 16.1 Å².